The molecule has 0 saturated carbocycles. The van der Waals surface area contributed by atoms with Gasteiger partial charge < -0.3 is 15.4 Å². The molecule has 0 radical (unpaired) electrons. The molecule has 8 heteroatoms. The summed E-state index contributed by atoms with van der Waals surface area (Å²) >= 11 is 0. The zero-order valence-corrected chi connectivity index (χ0v) is 18.7. The van der Waals surface area contributed by atoms with Crippen LogP contribution in [0.2, 0.25) is 0 Å². The normalized spacial score (nSPS) is 23.3. The van der Waals surface area contributed by atoms with E-state index in [2.05, 4.69) is 10.6 Å². The number of carbonyl (C=O) groups excluding carboxylic acids is 2. The first-order valence-electron chi connectivity index (χ1n) is 11.4. The molecular weight excluding hydrogens is 428 g/mol. The number of halogens is 2. The number of benzene rings is 2. The second kappa shape index (κ2) is 9.97. The van der Waals surface area contributed by atoms with Gasteiger partial charge in [0.2, 0.25) is 0 Å². The van der Waals surface area contributed by atoms with Crippen molar-refractivity contribution in [1.82, 2.24) is 15.5 Å². The van der Waals surface area contributed by atoms with Gasteiger partial charge in [0.1, 0.15) is 22.9 Å². The number of nitrogens with zero attached hydrogens (tertiary/aromatic N) is 1. The lowest BCUT2D eigenvalue weighted by Crippen LogP contribution is -2.63. The molecule has 33 heavy (non-hydrogen) atoms. The van der Waals surface area contributed by atoms with Crippen LogP contribution in [-0.2, 0) is 4.79 Å². The summed E-state index contributed by atoms with van der Waals surface area (Å²) in [5, 5.41) is 6.59. The predicted molar refractivity (Wildman–Crippen MR) is 120 cm³/mol. The van der Waals surface area contributed by atoms with Gasteiger partial charge in [0, 0.05) is 31.5 Å². The molecule has 2 N–H and O–H groups in total. The van der Waals surface area contributed by atoms with Crippen molar-refractivity contribution in [1.29, 1.82) is 0 Å². The predicted octanol–water partition coefficient (Wildman–Crippen LogP) is 3.48. The average Bonchev–Trinajstić information content (AvgIpc) is 3.27. The minimum Gasteiger partial charge on any atom is -0.410 e. The summed E-state index contributed by atoms with van der Waals surface area (Å²) < 4.78 is 32.5. The Morgan fingerprint density at radius 2 is 1.61 bits per heavy atom. The number of rotatable bonds is 6. The fourth-order valence-corrected chi connectivity index (χ4v) is 5.13. The Hall–Kier alpha value is -2.84. The topological polar surface area (TPSA) is 70.7 Å². The van der Waals surface area contributed by atoms with E-state index in [1.54, 1.807) is 12.1 Å². The molecule has 0 aliphatic carbocycles. The smallest absolute Gasteiger partial charge is 0.410 e. The van der Waals surface area contributed by atoms with Gasteiger partial charge in [-0.05, 0) is 74.8 Å². The fourth-order valence-electron chi connectivity index (χ4n) is 5.13. The molecule has 2 aromatic carbocycles. The van der Waals surface area contributed by atoms with Crippen molar-refractivity contribution >= 4 is 11.9 Å². The van der Waals surface area contributed by atoms with E-state index >= 15 is 0 Å². The van der Waals surface area contributed by atoms with E-state index in [9.17, 15) is 18.4 Å². The lowest BCUT2D eigenvalue weighted by atomic mass is 9.72. The van der Waals surface area contributed by atoms with E-state index in [0.717, 1.165) is 18.7 Å². The minimum absolute atomic E-state index is 0.00114. The Morgan fingerprint density at radius 3 is 2.21 bits per heavy atom. The average molecular weight is 458 g/mol. The molecule has 2 atom stereocenters. The van der Waals surface area contributed by atoms with Gasteiger partial charge in [-0.3, -0.25) is 9.69 Å². The lowest BCUT2D eigenvalue weighted by Gasteiger charge is -2.44. The summed E-state index contributed by atoms with van der Waals surface area (Å²) in [4.78, 5) is 29.0. The molecule has 2 heterocycles. The third kappa shape index (κ3) is 4.63. The van der Waals surface area contributed by atoms with Crippen molar-refractivity contribution in [3.05, 3.63) is 65.7 Å². The van der Waals surface area contributed by atoms with E-state index in [1.807, 2.05) is 6.92 Å². The fraction of sp³-hybridized carbons (Fsp3) is 0.440. The van der Waals surface area contributed by atoms with Crippen molar-refractivity contribution in [3.8, 4) is 5.75 Å². The Morgan fingerprint density at radius 1 is 1.00 bits per heavy atom. The number of ether oxygens (including phenoxy) is 1. The molecule has 0 aromatic heterocycles. The second-order valence-electron chi connectivity index (χ2n) is 8.61. The zero-order chi connectivity index (χ0) is 23.4. The molecule has 0 bridgehead atoms. The Balaban J connectivity index is 1.73. The van der Waals surface area contributed by atoms with Gasteiger partial charge in [-0.2, -0.15) is 0 Å². The Bertz CT molecular complexity index is 977. The number of hydrogen-bond acceptors (Lipinski definition) is 5. The number of ketones is 1. The summed E-state index contributed by atoms with van der Waals surface area (Å²) in [6.07, 6.45) is 0.727. The molecule has 2 fully saturated rings. The van der Waals surface area contributed by atoms with Gasteiger partial charge in [-0.25, -0.2) is 13.6 Å². The zero-order valence-electron chi connectivity index (χ0n) is 18.7. The second-order valence-corrected chi connectivity index (χ2v) is 8.61. The molecule has 6 nitrogen and oxygen atoms in total. The van der Waals surface area contributed by atoms with Crippen molar-refractivity contribution in [3.63, 3.8) is 0 Å². The summed E-state index contributed by atoms with van der Waals surface area (Å²) in [6.45, 7) is 4.30. The summed E-state index contributed by atoms with van der Waals surface area (Å²) in [5.41, 5.74) is -0.386. The molecule has 176 valence electrons. The monoisotopic (exact) mass is 457 g/mol. The van der Waals surface area contributed by atoms with Crippen molar-refractivity contribution in [2.45, 2.75) is 31.2 Å². The van der Waals surface area contributed by atoms with E-state index in [4.69, 9.17) is 4.74 Å². The summed E-state index contributed by atoms with van der Waals surface area (Å²) in [5.74, 6) is -1.14. The van der Waals surface area contributed by atoms with Crippen LogP contribution in [0.1, 0.15) is 31.2 Å². The molecule has 4 rings (SSSR count). The van der Waals surface area contributed by atoms with Crippen LogP contribution in [0.25, 0.3) is 0 Å². The van der Waals surface area contributed by atoms with Crippen LogP contribution >= 0.6 is 0 Å². The van der Waals surface area contributed by atoms with Gasteiger partial charge >= 0.3 is 6.09 Å². The number of piperidine rings is 1. The van der Waals surface area contributed by atoms with Crippen molar-refractivity contribution in [2.75, 3.05) is 32.7 Å². The van der Waals surface area contributed by atoms with Gasteiger partial charge in [-0.1, -0.05) is 12.1 Å². The van der Waals surface area contributed by atoms with Crippen LogP contribution in [0, 0.1) is 17.6 Å². The highest BCUT2D eigenvalue weighted by atomic mass is 19.1. The molecular formula is C25H29F2N3O3. The van der Waals surface area contributed by atoms with E-state index in [0.29, 0.717) is 19.4 Å². The molecule has 2 aliphatic rings. The van der Waals surface area contributed by atoms with Gasteiger partial charge in [-0.15, -0.1) is 0 Å². The van der Waals surface area contributed by atoms with E-state index in [1.165, 1.54) is 41.3 Å². The molecule has 0 unspecified atom stereocenters. The van der Waals surface area contributed by atoms with Gasteiger partial charge in [0.05, 0.1) is 0 Å². The lowest BCUT2D eigenvalue weighted by molar-refractivity contribution is -0.135. The number of nitrogens with one attached hydrogen (secondary N) is 2. The van der Waals surface area contributed by atoms with E-state index in [-0.39, 0.29) is 42.3 Å². The molecule has 1 amide bonds. The van der Waals surface area contributed by atoms with Crippen molar-refractivity contribution < 1.29 is 23.1 Å². The molecule has 2 aromatic rings. The van der Waals surface area contributed by atoms with Crippen LogP contribution in [0.4, 0.5) is 13.6 Å². The Kier molecular flexibility index (Phi) is 7.05. The maximum Gasteiger partial charge on any atom is 0.416 e. The largest absolute Gasteiger partial charge is 0.416 e. The number of likely N-dealkylation sites (N-methyl/N-ethyl adjacent to an activating group) is 1. The van der Waals surface area contributed by atoms with Crippen LogP contribution in [0.5, 0.6) is 5.75 Å². The third-order valence-corrected chi connectivity index (χ3v) is 6.77. The highest BCUT2D eigenvalue weighted by Gasteiger charge is 2.56. The maximum absolute atomic E-state index is 14.1. The number of hydrogen-bond donors (Lipinski definition) is 2. The quantitative estimate of drug-likeness (QED) is 0.695. The maximum atomic E-state index is 14.1. The van der Waals surface area contributed by atoms with Gasteiger partial charge in [0.15, 0.2) is 5.78 Å². The highest BCUT2D eigenvalue weighted by Crippen LogP contribution is 2.41. The molecule has 2 saturated heterocycles. The van der Waals surface area contributed by atoms with E-state index < -0.39 is 17.4 Å². The summed E-state index contributed by atoms with van der Waals surface area (Å²) in [7, 11) is 0. The van der Waals surface area contributed by atoms with Gasteiger partial charge in [0.25, 0.3) is 0 Å². The summed E-state index contributed by atoms with van der Waals surface area (Å²) in [6, 6.07) is 11.3. The first-order chi connectivity index (χ1) is 16.0. The van der Waals surface area contributed by atoms with Crippen LogP contribution in [0.3, 0.4) is 0 Å². The standard InChI is InChI=1S/C25H29F2N3O3/c1-2-30(24(32)33-21-9-7-20(27)8-10-21)25(23(31)18-11-13-28-14-12-18)16-29-15-22(25)17-3-5-19(26)6-4-17/h3-10,18,22,28-29H,2,11-16H2,1H3/t22-,25+/m0/s1. The highest BCUT2D eigenvalue weighted by molar-refractivity contribution is 5.95. The van der Waals surface area contributed by atoms with Crippen LogP contribution in [-0.4, -0.2) is 55.0 Å². The van der Waals surface area contributed by atoms with Crippen molar-refractivity contribution in [2.24, 2.45) is 5.92 Å². The number of amides is 1. The Labute approximate surface area is 192 Å². The van der Waals surface area contributed by atoms with Crippen LogP contribution in [0.15, 0.2) is 48.5 Å². The minimum atomic E-state index is -1.17. The first-order valence-corrected chi connectivity index (χ1v) is 11.4. The first kappa shape index (κ1) is 23.3. The SMILES string of the molecule is CCN(C(=O)Oc1ccc(F)cc1)[C@]1(C(=O)C2CCNCC2)CNC[C@H]1c1ccc(F)cc1. The third-order valence-electron chi connectivity index (χ3n) is 6.77. The molecule has 0 spiro atoms. The van der Waals surface area contributed by atoms with Crippen LogP contribution < -0.4 is 15.4 Å². The number of Topliss-reactive ketones (excluding diaryl/α,β-unsaturated/α-hetero) is 1. The number of carbonyl (C=O) groups is 2. The molecule has 2 aliphatic heterocycles.